The van der Waals surface area contributed by atoms with Gasteiger partial charge in [-0.3, -0.25) is 4.79 Å². The summed E-state index contributed by atoms with van der Waals surface area (Å²) in [6.45, 7) is 8.86. The summed E-state index contributed by atoms with van der Waals surface area (Å²) in [7, 11) is 0. The number of rotatable bonds is 4. The van der Waals surface area contributed by atoms with Gasteiger partial charge >= 0.3 is 0 Å². The maximum atomic E-state index is 13.0. The van der Waals surface area contributed by atoms with E-state index in [1.54, 1.807) is 0 Å². The van der Waals surface area contributed by atoms with E-state index in [-0.39, 0.29) is 30.7 Å². The molecule has 148 valence electrons. The van der Waals surface area contributed by atoms with Crippen LogP contribution in [0.3, 0.4) is 0 Å². The number of amides is 1. The van der Waals surface area contributed by atoms with Crippen LogP contribution in [0.4, 0.5) is 0 Å². The molecule has 1 amide bonds. The smallest absolute Gasteiger partial charge is 0.225 e. The van der Waals surface area contributed by atoms with Crippen molar-refractivity contribution in [3.8, 4) is 0 Å². The highest BCUT2D eigenvalue weighted by atomic mass is 35.5. The van der Waals surface area contributed by atoms with Gasteiger partial charge in [0.1, 0.15) is 0 Å². The monoisotopic (exact) mass is 401 g/mol. The number of benzene rings is 1. The Hall–Kier alpha value is -0.810. The highest BCUT2D eigenvalue weighted by Gasteiger charge is 2.38. The minimum atomic E-state index is 0. The maximum Gasteiger partial charge on any atom is 0.225 e. The van der Waals surface area contributed by atoms with E-state index in [1.165, 1.54) is 5.56 Å². The van der Waals surface area contributed by atoms with Crippen molar-refractivity contribution >= 4 is 30.7 Å². The summed E-state index contributed by atoms with van der Waals surface area (Å²) in [6, 6.07) is 11.1. The second kappa shape index (κ2) is 10.5. The third-order valence-electron chi connectivity index (χ3n) is 5.89. The Morgan fingerprint density at radius 2 is 1.73 bits per heavy atom. The van der Waals surface area contributed by atoms with Crippen LogP contribution >= 0.6 is 24.8 Å². The van der Waals surface area contributed by atoms with E-state index < -0.39 is 0 Å². The fourth-order valence-electron chi connectivity index (χ4n) is 4.29. The second-order valence-corrected chi connectivity index (χ2v) is 7.66. The lowest BCUT2D eigenvalue weighted by Gasteiger charge is -2.35. The lowest BCUT2D eigenvalue weighted by atomic mass is 9.89. The highest BCUT2D eigenvalue weighted by Crippen LogP contribution is 2.34. The lowest BCUT2D eigenvalue weighted by Crippen LogP contribution is -2.44. The predicted molar refractivity (Wildman–Crippen MR) is 112 cm³/mol. The molecule has 0 unspecified atom stereocenters. The van der Waals surface area contributed by atoms with Gasteiger partial charge in [0.15, 0.2) is 0 Å². The molecule has 3 rings (SSSR count). The van der Waals surface area contributed by atoms with Crippen molar-refractivity contribution in [2.24, 2.45) is 17.6 Å². The Bertz CT molecular complexity index is 547. The summed E-state index contributed by atoms with van der Waals surface area (Å²) >= 11 is 0. The molecule has 2 N–H and O–H groups in total. The molecule has 0 spiro atoms. The summed E-state index contributed by atoms with van der Waals surface area (Å²) in [5, 5.41) is 0. The van der Waals surface area contributed by atoms with E-state index in [1.807, 2.05) is 6.07 Å². The molecular formula is C20H33Cl2N3O. The minimum Gasteiger partial charge on any atom is -0.341 e. The Balaban J connectivity index is 0.00000169. The topological polar surface area (TPSA) is 49.6 Å². The fraction of sp³-hybridized carbons (Fsp3) is 0.650. The SMILES string of the molecule is CC(C)N1CCC(C(=O)N2C[C@@H](CN)[C@H](c3ccccc3)C2)CC1.Cl.Cl. The van der Waals surface area contributed by atoms with Gasteiger partial charge in [0.2, 0.25) is 5.91 Å². The van der Waals surface area contributed by atoms with Crippen molar-refractivity contribution in [3.05, 3.63) is 35.9 Å². The molecule has 0 aromatic heterocycles. The summed E-state index contributed by atoms with van der Waals surface area (Å²) in [5.41, 5.74) is 7.33. The van der Waals surface area contributed by atoms with E-state index in [4.69, 9.17) is 5.73 Å². The van der Waals surface area contributed by atoms with Gasteiger partial charge < -0.3 is 15.5 Å². The molecule has 0 saturated carbocycles. The van der Waals surface area contributed by atoms with E-state index in [0.29, 0.717) is 30.3 Å². The van der Waals surface area contributed by atoms with Crippen molar-refractivity contribution in [1.29, 1.82) is 0 Å². The number of nitrogens with zero attached hydrogens (tertiary/aromatic N) is 2. The number of likely N-dealkylation sites (tertiary alicyclic amines) is 2. The van der Waals surface area contributed by atoms with Gasteiger partial charge in [-0.15, -0.1) is 24.8 Å². The van der Waals surface area contributed by atoms with E-state index >= 15 is 0 Å². The van der Waals surface area contributed by atoms with Gasteiger partial charge in [-0.1, -0.05) is 30.3 Å². The van der Waals surface area contributed by atoms with E-state index in [2.05, 4.69) is 47.9 Å². The average molecular weight is 402 g/mol. The van der Waals surface area contributed by atoms with Crippen LogP contribution in [0.5, 0.6) is 0 Å². The first-order chi connectivity index (χ1) is 11.6. The molecule has 2 heterocycles. The van der Waals surface area contributed by atoms with Gasteiger partial charge in [-0.05, 0) is 57.8 Å². The molecule has 2 atom stereocenters. The molecule has 2 aliphatic heterocycles. The van der Waals surface area contributed by atoms with Gasteiger partial charge in [-0.25, -0.2) is 0 Å². The summed E-state index contributed by atoms with van der Waals surface area (Å²) < 4.78 is 0. The van der Waals surface area contributed by atoms with Crippen LogP contribution in [-0.4, -0.2) is 54.5 Å². The number of carbonyl (C=O) groups is 1. The largest absolute Gasteiger partial charge is 0.341 e. The van der Waals surface area contributed by atoms with E-state index in [0.717, 1.165) is 39.0 Å². The first-order valence-electron chi connectivity index (χ1n) is 9.38. The number of hydrogen-bond donors (Lipinski definition) is 1. The van der Waals surface area contributed by atoms with Crippen LogP contribution in [0.25, 0.3) is 0 Å². The fourth-order valence-corrected chi connectivity index (χ4v) is 4.29. The van der Waals surface area contributed by atoms with Crippen molar-refractivity contribution in [3.63, 3.8) is 0 Å². The van der Waals surface area contributed by atoms with Gasteiger partial charge in [-0.2, -0.15) is 0 Å². The number of carbonyl (C=O) groups excluding carboxylic acids is 1. The normalized spacial score (nSPS) is 24.2. The Morgan fingerprint density at radius 3 is 2.27 bits per heavy atom. The first kappa shape index (κ1) is 23.2. The van der Waals surface area contributed by atoms with Crippen LogP contribution < -0.4 is 5.73 Å². The van der Waals surface area contributed by atoms with Crippen LogP contribution in [0, 0.1) is 11.8 Å². The first-order valence-corrected chi connectivity index (χ1v) is 9.38. The van der Waals surface area contributed by atoms with E-state index in [9.17, 15) is 4.79 Å². The number of nitrogens with two attached hydrogens (primary N) is 1. The zero-order valence-electron chi connectivity index (χ0n) is 15.8. The summed E-state index contributed by atoms with van der Waals surface area (Å²) in [4.78, 5) is 17.5. The molecule has 2 saturated heterocycles. The Labute approximate surface area is 170 Å². The molecule has 2 fully saturated rings. The molecular weight excluding hydrogens is 369 g/mol. The predicted octanol–water partition coefficient (Wildman–Crippen LogP) is 3.15. The summed E-state index contributed by atoms with van der Waals surface area (Å²) in [5.74, 6) is 1.33. The molecule has 26 heavy (non-hydrogen) atoms. The third-order valence-corrected chi connectivity index (χ3v) is 5.89. The zero-order valence-corrected chi connectivity index (χ0v) is 17.5. The van der Waals surface area contributed by atoms with Crippen molar-refractivity contribution in [2.45, 2.75) is 38.6 Å². The molecule has 0 radical (unpaired) electrons. The molecule has 6 heteroatoms. The zero-order chi connectivity index (χ0) is 17.1. The standard InChI is InChI=1S/C20H31N3O.2ClH/c1-15(2)22-10-8-17(9-11-22)20(24)23-13-18(12-21)19(14-23)16-6-4-3-5-7-16;;/h3-7,15,17-19H,8-14,21H2,1-2H3;2*1H/t18-,19+;;/m1../s1. The van der Waals surface area contributed by atoms with Gasteiger partial charge in [0.25, 0.3) is 0 Å². The van der Waals surface area contributed by atoms with Crippen LogP contribution in [0.1, 0.15) is 38.2 Å². The number of hydrogen-bond acceptors (Lipinski definition) is 3. The maximum absolute atomic E-state index is 13.0. The van der Waals surface area contributed by atoms with Crippen LogP contribution in [-0.2, 0) is 4.79 Å². The summed E-state index contributed by atoms with van der Waals surface area (Å²) in [6.07, 6.45) is 1.99. The van der Waals surface area contributed by atoms with Crippen molar-refractivity contribution in [2.75, 3.05) is 32.7 Å². The molecule has 0 aliphatic carbocycles. The quantitative estimate of drug-likeness (QED) is 0.842. The number of halogens is 2. The molecule has 1 aromatic rings. The molecule has 4 nitrogen and oxygen atoms in total. The van der Waals surface area contributed by atoms with Crippen molar-refractivity contribution in [1.82, 2.24) is 9.80 Å². The van der Waals surface area contributed by atoms with Gasteiger partial charge in [0, 0.05) is 31.0 Å². The van der Waals surface area contributed by atoms with Gasteiger partial charge in [0.05, 0.1) is 0 Å². The minimum absolute atomic E-state index is 0. The highest BCUT2D eigenvalue weighted by molar-refractivity contribution is 5.85. The Kier molecular flexibility index (Phi) is 9.39. The second-order valence-electron chi connectivity index (χ2n) is 7.66. The lowest BCUT2D eigenvalue weighted by molar-refractivity contribution is -0.136. The van der Waals surface area contributed by atoms with Crippen LogP contribution in [0.2, 0.25) is 0 Å². The Morgan fingerprint density at radius 1 is 1.12 bits per heavy atom. The average Bonchev–Trinajstić information content (AvgIpc) is 3.06. The molecule has 1 aromatic carbocycles. The molecule has 2 aliphatic rings. The third kappa shape index (κ3) is 5.13. The molecule has 0 bridgehead atoms. The van der Waals surface area contributed by atoms with Crippen LogP contribution in [0.15, 0.2) is 30.3 Å². The van der Waals surface area contributed by atoms with Crippen molar-refractivity contribution < 1.29 is 4.79 Å². The number of piperidine rings is 1.